The van der Waals surface area contributed by atoms with E-state index in [1.165, 1.54) is 11.1 Å². The van der Waals surface area contributed by atoms with E-state index in [0.29, 0.717) is 0 Å². The zero-order valence-electron chi connectivity index (χ0n) is 31.0. The predicted molar refractivity (Wildman–Crippen MR) is 237 cm³/mol. The molecule has 0 N–H and O–H groups in total. The van der Waals surface area contributed by atoms with Gasteiger partial charge in [-0.25, -0.2) is 0 Å². The van der Waals surface area contributed by atoms with E-state index in [1.54, 1.807) is 0 Å². The van der Waals surface area contributed by atoms with Crippen molar-refractivity contribution >= 4 is 60.9 Å². The zero-order chi connectivity index (χ0) is 37.7. The molecule has 0 saturated carbocycles. The maximum Gasteiger partial charge on any atom is 0.143 e. The quantitative estimate of drug-likeness (QED) is 0.164. The summed E-state index contributed by atoms with van der Waals surface area (Å²) < 4.78 is 12.6. The van der Waals surface area contributed by atoms with Crippen LogP contribution in [0.15, 0.2) is 221 Å². The Balaban J connectivity index is 0.971. The summed E-state index contributed by atoms with van der Waals surface area (Å²) in [5.74, 6) is 0. The number of nitrogens with zero attached hydrogens (tertiary/aromatic N) is 1. The highest BCUT2D eigenvalue weighted by Crippen LogP contribution is 2.41. The van der Waals surface area contributed by atoms with Crippen LogP contribution >= 0.6 is 0 Å². The molecule has 0 fully saturated rings. The molecule has 0 spiro atoms. The second-order valence-electron chi connectivity index (χ2n) is 14.5. The molecular weight excluding hydrogens is 695 g/mol. The summed E-state index contributed by atoms with van der Waals surface area (Å²) >= 11 is 0. The van der Waals surface area contributed by atoms with Gasteiger partial charge in [0.2, 0.25) is 0 Å². The molecule has 2 heterocycles. The molecule has 0 radical (unpaired) electrons. The molecule has 0 amide bonds. The topological polar surface area (TPSA) is 29.5 Å². The van der Waals surface area contributed by atoms with E-state index >= 15 is 0 Å². The van der Waals surface area contributed by atoms with E-state index in [0.717, 1.165) is 94.3 Å². The molecule has 0 aliphatic heterocycles. The molecule has 0 unspecified atom stereocenters. The fraction of sp³-hybridized carbons (Fsp3) is 0. The molecule has 3 nitrogen and oxygen atoms in total. The number of rotatable bonds is 7. The minimum Gasteiger partial charge on any atom is -0.456 e. The first-order valence-corrected chi connectivity index (χ1v) is 19.3. The Morgan fingerprint density at radius 1 is 0.263 bits per heavy atom. The zero-order valence-corrected chi connectivity index (χ0v) is 31.0. The fourth-order valence-corrected chi connectivity index (χ4v) is 8.24. The van der Waals surface area contributed by atoms with Gasteiger partial charge < -0.3 is 13.7 Å². The van der Waals surface area contributed by atoms with Gasteiger partial charge in [0, 0.05) is 44.2 Å². The van der Waals surface area contributed by atoms with E-state index in [4.69, 9.17) is 8.83 Å². The third-order valence-corrected chi connectivity index (χ3v) is 11.1. The predicted octanol–water partition coefficient (Wildman–Crippen LogP) is 15.6. The minimum atomic E-state index is 0.889. The second-order valence-corrected chi connectivity index (χ2v) is 14.5. The number of anilines is 3. The van der Waals surface area contributed by atoms with E-state index < -0.39 is 0 Å². The van der Waals surface area contributed by atoms with Crippen molar-refractivity contribution in [1.29, 1.82) is 0 Å². The van der Waals surface area contributed by atoms with Crippen molar-refractivity contribution in [3.05, 3.63) is 212 Å². The standard InChI is InChI=1S/C54H35NO2/c1-3-11-36(12-4-1)40-15-9-16-45(33-40)55(43-27-21-37(22-28-43)41-25-31-52-49(34-41)47-17-7-8-20-51(47)56-52)44-29-23-38(24-30-44)42-26-32-53-50(35-42)48-19-10-18-46(54(48)57-53)39-13-5-2-6-14-39/h1-35H. The molecule has 3 heteroatoms. The summed E-state index contributed by atoms with van der Waals surface area (Å²) in [6.45, 7) is 0. The van der Waals surface area contributed by atoms with E-state index in [9.17, 15) is 0 Å². The number of benzene rings is 9. The normalized spacial score (nSPS) is 11.5. The second kappa shape index (κ2) is 13.6. The summed E-state index contributed by atoms with van der Waals surface area (Å²) in [5, 5.41) is 4.50. The Kier molecular flexibility index (Phi) is 7.82. The van der Waals surface area contributed by atoms with Gasteiger partial charge in [-0.15, -0.1) is 0 Å². The Morgan fingerprint density at radius 2 is 0.737 bits per heavy atom. The van der Waals surface area contributed by atoms with Gasteiger partial charge in [0.25, 0.3) is 0 Å². The van der Waals surface area contributed by atoms with E-state index in [2.05, 4.69) is 199 Å². The van der Waals surface area contributed by atoms with Gasteiger partial charge in [-0.3, -0.25) is 0 Å². The highest BCUT2D eigenvalue weighted by Gasteiger charge is 2.17. The number of furan rings is 2. The molecule has 0 bridgehead atoms. The van der Waals surface area contributed by atoms with Crippen LogP contribution in [0.1, 0.15) is 0 Å². The minimum absolute atomic E-state index is 0.889. The van der Waals surface area contributed by atoms with Crippen molar-refractivity contribution in [3.63, 3.8) is 0 Å². The van der Waals surface area contributed by atoms with Crippen LogP contribution in [0.3, 0.4) is 0 Å². The van der Waals surface area contributed by atoms with Crippen LogP contribution in [0.25, 0.3) is 88.4 Å². The monoisotopic (exact) mass is 729 g/mol. The van der Waals surface area contributed by atoms with Crippen molar-refractivity contribution in [1.82, 2.24) is 0 Å². The molecule has 0 aliphatic carbocycles. The van der Waals surface area contributed by atoms with Crippen LogP contribution in [-0.2, 0) is 0 Å². The first kappa shape index (κ1) is 32.8. The van der Waals surface area contributed by atoms with Gasteiger partial charge in [0.1, 0.15) is 22.3 Å². The number of para-hydroxylation sites is 2. The van der Waals surface area contributed by atoms with Crippen molar-refractivity contribution < 1.29 is 8.83 Å². The van der Waals surface area contributed by atoms with Crippen LogP contribution in [0.2, 0.25) is 0 Å². The molecule has 0 saturated heterocycles. The number of fused-ring (bicyclic) bond motifs is 6. The molecule has 11 aromatic rings. The lowest BCUT2D eigenvalue weighted by molar-refractivity contribution is 0.669. The van der Waals surface area contributed by atoms with Crippen molar-refractivity contribution in [2.24, 2.45) is 0 Å². The highest BCUT2D eigenvalue weighted by atomic mass is 16.3. The van der Waals surface area contributed by atoms with Gasteiger partial charge in [-0.2, -0.15) is 0 Å². The van der Waals surface area contributed by atoms with Gasteiger partial charge in [-0.1, -0.05) is 146 Å². The summed E-state index contributed by atoms with van der Waals surface area (Å²) in [6.07, 6.45) is 0. The molecule has 9 aromatic carbocycles. The number of hydrogen-bond acceptors (Lipinski definition) is 3. The van der Waals surface area contributed by atoms with Crippen LogP contribution in [0.5, 0.6) is 0 Å². The molecule has 268 valence electrons. The third kappa shape index (κ3) is 5.85. The first-order valence-electron chi connectivity index (χ1n) is 19.3. The van der Waals surface area contributed by atoms with Gasteiger partial charge in [0.15, 0.2) is 0 Å². The molecule has 0 atom stereocenters. The molecular formula is C54H35NO2. The van der Waals surface area contributed by atoms with Crippen LogP contribution in [-0.4, -0.2) is 0 Å². The Bertz CT molecular complexity index is 3210. The lowest BCUT2D eigenvalue weighted by Crippen LogP contribution is -2.10. The largest absolute Gasteiger partial charge is 0.456 e. The average molecular weight is 730 g/mol. The Labute approximate surface area is 330 Å². The van der Waals surface area contributed by atoms with E-state index in [-0.39, 0.29) is 0 Å². The molecule has 57 heavy (non-hydrogen) atoms. The van der Waals surface area contributed by atoms with Crippen molar-refractivity contribution in [2.45, 2.75) is 0 Å². The Hall–Kier alpha value is -7.62. The first-order chi connectivity index (χ1) is 28.2. The molecule has 0 aliphatic rings. The van der Waals surface area contributed by atoms with Gasteiger partial charge in [-0.05, 0) is 106 Å². The van der Waals surface area contributed by atoms with Crippen LogP contribution in [0.4, 0.5) is 17.1 Å². The SMILES string of the molecule is c1ccc(-c2cccc(N(c3ccc(-c4ccc5oc6ccccc6c5c4)cc3)c3ccc(-c4ccc5oc6c(-c7ccccc7)cccc6c5c4)cc3)c2)cc1. The third-order valence-electron chi connectivity index (χ3n) is 11.1. The summed E-state index contributed by atoms with van der Waals surface area (Å²) in [5.41, 5.74) is 16.1. The summed E-state index contributed by atoms with van der Waals surface area (Å²) in [7, 11) is 0. The van der Waals surface area contributed by atoms with Crippen molar-refractivity contribution in [3.8, 4) is 44.5 Å². The Morgan fingerprint density at radius 3 is 1.42 bits per heavy atom. The van der Waals surface area contributed by atoms with Crippen molar-refractivity contribution in [2.75, 3.05) is 4.90 Å². The average Bonchev–Trinajstić information content (AvgIpc) is 3.85. The maximum atomic E-state index is 6.48. The maximum absolute atomic E-state index is 6.48. The van der Waals surface area contributed by atoms with E-state index in [1.807, 2.05) is 18.2 Å². The lowest BCUT2D eigenvalue weighted by Gasteiger charge is -2.26. The molecule has 2 aromatic heterocycles. The summed E-state index contributed by atoms with van der Waals surface area (Å²) in [4.78, 5) is 2.34. The van der Waals surface area contributed by atoms with Crippen LogP contribution < -0.4 is 4.90 Å². The fourth-order valence-electron chi connectivity index (χ4n) is 8.24. The highest BCUT2D eigenvalue weighted by molar-refractivity contribution is 6.10. The molecule has 11 rings (SSSR count). The van der Waals surface area contributed by atoms with Gasteiger partial charge >= 0.3 is 0 Å². The summed E-state index contributed by atoms with van der Waals surface area (Å²) in [6, 6.07) is 75.2. The lowest BCUT2D eigenvalue weighted by atomic mass is 9.99. The number of hydrogen-bond donors (Lipinski definition) is 0. The smallest absolute Gasteiger partial charge is 0.143 e. The van der Waals surface area contributed by atoms with Crippen LogP contribution in [0, 0.1) is 0 Å². The van der Waals surface area contributed by atoms with Gasteiger partial charge in [0.05, 0.1) is 0 Å².